The number of carbonyl (C=O) groups excluding carboxylic acids is 1. The van der Waals surface area contributed by atoms with Crippen molar-refractivity contribution in [2.45, 2.75) is 19.0 Å². The summed E-state index contributed by atoms with van der Waals surface area (Å²) in [6, 6.07) is 10.2. The maximum atomic E-state index is 13.8. The number of carbonyl (C=O) groups is 1. The van der Waals surface area contributed by atoms with Crippen LogP contribution < -0.4 is 5.73 Å². The minimum absolute atomic E-state index is 0.0401. The molecule has 3 rings (SSSR count). The Bertz CT molecular complexity index is 1080. The third kappa shape index (κ3) is 2.98. The SMILES string of the molecule is CC(=O)N1CC=C2C(C#N)=C(N)C(C#N)(C#N)C(c3ccccc3C(F)(F)F)C2C1. The first-order valence-electron chi connectivity index (χ1n) is 8.97. The van der Waals surface area contributed by atoms with E-state index in [1.807, 2.05) is 6.07 Å². The second-order valence-corrected chi connectivity index (χ2v) is 7.18. The number of amides is 1. The Labute approximate surface area is 170 Å². The van der Waals surface area contributed by atoms with Gasteiger partial charge >= 0.3 is 6.18 Å². The third-order valence-corrected chi connectivity index (χ3v) is 5.71. The number of hydrogen-bond donors (Lipinski definition) is 1. The molecule has 1 heterocycles. The highest BCUT2D eigenvalue weighted by Gasteiger charge is 2.56. The van der Waals surface area contributed by atoms with Crippen LogP contribution in [0, 0.1) is 45.3 Å². The second kappa shape index (κ2) is 7.24. The lowest BCUT2D eigenvalue weighted by atomic mass is 9.57. The summed E-state index contributed by atoms with van der Waals surface area (Å²) >= 11 is 0. The van der Waals surface area contributed by atoms with Gasteiger partial charge in [-0.1, -0.05) is 24.3 Å². The Balaban J connectivity index is 2.39. The molecule has 2 unspecified atom stereocenters. The summed E-state index contributed by atoms with van der Waals surface area (Å²) in [5.74, 6) is -2.52. The van der Waals surface area contributed by atoms with Gasteiger partial charge in [0.15, 0.2) is 5.41 Å². The number of alkyl halides is 3. The van der Waals surface area contributed by atoms with Gasteiger partial charge in [0.25, 0.3) is 0 Å². The summed E-state index contributed by atoms with van der Waals surface area (Å²) in [6.45, 7) is 1.43. The molecule has 1 amide bonds. The zero-order valence-electron chi connectivity index (χ0n) is 15.9. The molecule has 0 saturated heterocycles. The summed E-state index contributed by atoms with van der Waals surface area (Å²) in [4.78, 5) is 13.3. The van der Waals surface area contributed by atoms with Gasteiger partial charge < -0.3 is 10.6 Å². The first-order valence-corrected chi connectivity index (χ1v) is 8.97. The highest BCUT2D eigenvalue weighted by molar-refractivity contribution is 5.74. The minimum atomic E-state index is -4.74. The number of nitrogens with zero attached hydrogens (tertiary/aromatic N) is 4. The standard InChI is InChI=1S/C21H16F3N5O/c1-12(30)29-7-6-13-15(8-25)19(28)20(10-26,11-27)18(16(13)9-29)14-4-2-3-5-17(14)21(22,23)24/h2-6,16,18H,7,9,28H2,1H3. The number of fused-ring (bicyclic) bond motifs is 1. The highest BCUT2D eigenvalue weighted by atomic mass is 19.4. The molecule has 0 radical (unpaired) electrons. The molecule has 6 nitrogen and oxygen atoms in total. The third-order valence-electron chi connectivity index (χ3n) is 5.71. The van der Waals surface area contributed by atoms with Crippen LogP contribution in [0.4, 0.5) is 13.2 Å². The molecule has 1 aliphatic carbocycles. The molecule has 0 fully saturated rings. The molecule has 2 aliphatic rings. The van der Waals surface area contributed by atoms with Gasteiger partial charge in [-0.05, 0) is 17.2 Å². The first-order chi connectivity index (χ1) is 14.1. The Morgan fingerprint density at radius 2 is 1.87 bits per heavy atom. The van der Waals surface area contributed by atoms with Crippen molar-refractivity contribution in [1.29, 1.82) is 15.8 Å². The van der Waals surface area contributed by atoms with E-state index < -0.39 is 29.0 Å². The van der Waals surface area contributed by atoms with E-state index in [2.05, 4.69) is 0 Å². The van der Waals surface area contributed by atoms with Crippen LogP contribution in [-0.2, 0) is 11.0 Å². The fourth-order valence-corrected chi connectivity index (χ4v) is 4.31. The molecule has 1 aliphatic heterocycles. The lowest BCUT2D eigenvalue weighted by Crippen LogP contribution is -2.49. The predicted octanol–water partition coefficient (Wildman–Crippen LogP) is 2.98. The average molecular weight is 411 g/mol. The van der Waals surface area contributed by atoms with Crippen LogP contribution in [0.2, 0.25) is 0 Å². The molecular formula is C21H16F3N5O. The molecule has 0 saturated carbocycles. The summed E-state index contributed by atoms with van der Waals surface area (Å²) in [6.07, 6.45) is -3.18. The molecule has 30 heavy (non-hydrogen) atoms. The lowest BCUT2D eigenvalue weighted by molar-refractivity contribution is -0.139. The van der Waals surface area contributed by atoms with Crippen LogP contribution in [0.25, 0.3) is 0 Å². The van der Waals surface area contributed by atoms with Gasteiger partial charge in [-0.3, -0.25) is 4.79 Å². The van der Waals surface area contributed by atoms with E-state index in [9.17, 15) is 33.8 Å². The predicted molar refractivity (Wildman–Crippen MR) is 98.5 cm³/mol. The number of benzene rings is 1. The van der Waals surface area contributed by atoms with Crippen LogP contribution in [0.5, 0.6) is 0 Å². The Morgan fingerprint density at radius 1 is 1.23 bits per heavy atom. The van der Waals surface area contributed by atoms with Gasteiger partial charge in [0.05, 0.1) is 29.0 Å². The zero-order chi connectivity index (χ0) is 22.3. The van der Waals surface area contributed by atoms with Gasteiger partial charge in [0.2, 0.25) is 5.91 Å². The average Bonchev–Trinajstić information content (AvgIpc) is 2.72. The molecule has 0 aromatic heterocycles. The lowest BCUT2D eigenvalue weighted by Gasteiger charge is -2.46. The Hall–Kier alpha value is -3.77. The molecule has 2 N–H and O–H groups in total. The first kappa shape index (κ1) is 21.0. The Kier molecular flexibility index (Phi) is 5.06. The van der Waals surface area contributed by atoms with Crippen LogP contribution in [0.15, 0.2) is 47.2 Å². The molecule has 1 aromatic rings. The molecule has 1 aromatic carbocycles. The van der Waals surface area contributed by atoms with Crippen molar-refractivity contribution in [2.75, 3.05) is 13.1 Å². The number of allylic oxidation sites excluding steroid dienone is 2. The number of halogens is 3. The number of rotatable bonds is 1. The van der Waals surface area contributed by atoms with E-state index in [1.165, 1.54) is 30.0 Å². The summed E-state index contributed by atoms with van der Waals surface area (Å²) in [5.41, 5.74) is 2.53. The fraction of sp³-hybridized carbons (Fsp3) is 0.333. The van der Waals surface area contributed by atoms with Crippen molar-refractivity contribution >= 4 is 5.91 Å². The summed E-state index contributed by atoms with van der Waals surface area (Å²) in [7, 11) is 0. The summed E-state index contributed by atoms with van der Waals surface area (Å²) < 4.78 is 41.4. The van der Waals surface area contributed by atoms with E-state index >= 15 is 0 Å². The second-order valence-electron chi connectivity index (χ2n) is 7.18. The van der Waals surface area contributed by atoms with Crippen molar-refractivity contribution in [3.63, 3.8) is 0 Å². The van der Waals surface area contributed by atoms with E-state index in [-0.39, 0.29) is 35.8 Å². The number of hydrogen-bond acceptors (Lipinski definition) is 5. The summed E-state index contributed by atoms with van der Waals surface area (Å²) in [5, 5.41) is 29.5. The maximum absolute atomic E-state index is 13.8. The molecule has 0 spiro atoms. The van der Waals surface area contributed by atoms with Gasteiger partial charge in [0.1, 0.15) is 6.07 Å². The zero-order valence-corrected chi connectivity index (χ0v) is 15.9. The molecule has 2 atom stereocenters. The largest absolute Gasteiger partial charge is 0.416 e. The van der Waals surface area contributed by atoms with E-state index in [0.717, 1.165) is 6.07 Å². The molecule has 9 heteroatoms. The highest BCUT2D eigenvalue weighted by Crippen LogP contribution is 2.55. The van der Waals surface area contributed by atoms with E-state index in [4.69, 9.17) is 5.73 Å². The normalized spacial score (nSPS) is 22.8. The van der Waals surface area contributed by atoms with E-state index in [1.54, 1.807) is 18.2 Å². The minimum Gasteiger partial charge on any atom is -0.399 e. The topological polar surface area (TPSA) is 118 Å². The van der Waals surface area contributed by atoms with Crippen LogP contribution in [-0.4, -0.2) is 23.9 Å². The van der Waals surface area contributed by atoms with Gasteiger partial charge in [-0.15, -0.1) is 0 Å². The Morgan fingerprint density at radius 3 is 2.40 bits per heavy atom. The maximum Gasteiger partial charge on any atom is 0.416 e. The van der Waals surface area contributed by atoms with Crippen molar-refractivity contribution in [3.05, 3.63) is 58.3 Å². The molecular weight excluding hydrogens is 395 g/mol. The van der Waals surface area contributed by atoms with E-state index in [0.29, 0.717) is 5.57 Å². The quantitative estimate of drug-likeness (QED) is 0.762. The van der Waals surface area contributed by atoms with Crippen LogP contribution in [0.3, 0.4) is 0 Å². The van der Waals surface area contributed by atoms with Crippen molar-refractivity contribution < 1.29 is 18.0 Å². The van der Waals surface area contributed by atoms with Gasteiger partial charge in [-0.25, -0.2) is 0 Å². The smallest absolute Gasteiger partial charge is 0.399 e. The van der Waals surface area contributed by atoms with Crippen LogP contribution in [0.1, 0.15) is 24.0 Å². The number of nitrogens with two attached hydrogens (primary N) is 1. The van der Waals surface area contributed by atoms with Crippen LogP contribution >= 0.6 is 0 Å². The molecule has 152 valence electrons. The van der Waals surface area contributed by atoms with Crippen molar-refractivity contribution in [1.82, 2.24) is 4.90 Å². The number of nitriles is 3. The molecule has 0 bridgehead atoms. The van der Waals surface area contributed by atoms with Gasteiger partial charge in [-0.2, -0.15) is 29.0 Å². The monoisotopic (exact) mass is 411 g/mol. The fourth-order valence-electron chi connectivity index (χ4n) is 4.31. The van der Waals surface area contributed by atoms with Crippen molar-refractivity contribution in [2.24, 2.45) is 17.1 Å². The van der Waals surface area contributed by atoms with Crippen molar-refractivity contribution in [3.8, 4) is 18.2 Å². The van der Waals surface area contributed by atoms with Gasteiger partial charge in [0, 0.05) is 31.8 Å².